The molecule has 3 aromatic rings. The largest absolute Gasteiger partial charge is 0.483 e. The number of nitrogens with one attached hydrogen (secondary N) is 1. The highest BCUT2D eigenvalue weighted by Gasteiger charge is 2.13. The molecule has 0 aliphatic heterocycles. The minimum Gasteiger partial charge on any atom is -0.483 e. The Balaban J connectivity index is 0.000000497. The fourth-order valence-electron chi connectivity index (χ4n) is 1.80. The molecule has 8 heteroatoms. The van der Waals surface area contributed by atoms with Gasteiger partial charge in [0, 0.05) is 22.0 Å². The number of rotatable bonds is 2. The van der Waals surface area contributed by atoms with Crippen molar-refractivity contribution < 1.29 is 19.8 Å². The third-order valence-corrected chi connectivity index (χ3v) is 3.64. The Kier molecular flexibility index (Phi) is 4.29. The number of fused-ring (bicyclic) bond motifs is 1. The van der Waals surface area contributed by atoms with Crippen molar-refractivity contribution in [2.75, 3.05) is 0 Å². The fraction of sp³-hybridized carbons (Fsp3) is 0.0769. The number of aromatic nitrogens is 3. The zero-order valence-corrected chi connectivity index (χ0v) is 11.7. The van der Waals surface area contributed by atoms with Crippen molar-refractivity contribution in [2.45, 2.75) is 6.92 Å². The molecule has 0 fully saturated rings. The molecule has 0 bridgehead atoms. The van der Waals surface area contributed by atoms with E-state index in [0.717, 1.165) is 16.3 Å². The first-order chi connectivity index (χ1) is 10.1. The van der Waals surface area contributed by atoms with Crippen molar-refractivity contribution in [1.82, 2.24) is 15.2 Å². The monoisotopic (exact) mass is 305 g/mol. The van der Waals surface area contributed by atoms with Crippen LogP contribution in [-0.2, 0) is 4.79 Å². The van der Waals surface area contributed by atoms with E-state index in [0.29, 0.717) is 10.9 Å². The number of benzene rings is 1. The number of aryl methyl sites for hydroxylation is 1. The van der Waals surface area contributed by atoms with Gasteiger partial charge in [-0.05, 0) is 19.1 Å². The van der Waals surface area contributed by atoms with E-state index in [1.807, 2.05) is 24.4 Å². The van der Waals surface area contributed by atoms with E-state index < -0.39 is 5.97 Å². The molecular formula is C13H11N3O4S. The molecule has 3 N–H and O–H groups in total. The molecular weight excluding hydrogens is 294 g/mol. The first-order valence-corrected chi connectivity index (χ1v) is 6.66. The second-order valence-corrected chi connectivity index (χ2v) is 4.90. The predicted octanol–water partition coefficient (Wildman–Crippen LogP) is 2.39. The lowest BCUT2D eigenvalue weighted by molar-refractivity contribution is -0.122. The summed E-state index contributed by atoms with van der Waals surface area (Å²) < 4.78 is 0. The Morgan fingerprint density at radius 1 is 1.43 bits per heavy atom. The second kappa shape index (κ2) is 6.14. The maximum absolute atomic E-state index is 10.9. The number of hydrogen-bond acceptors (Lipinski definition) is 5. The third-order valence-electron chi connectivity index (χ3n) is 2.63. The van der Waals surface area contributed by atoms with Crippen LogP contribution in [0.2, 0.25) is 0 Å². The Morgan fingerprint density at radius 2 is 2.14 bits per heavy atom. The molecule has 3 rings (SSSR count). The van der Waals surface area contributed by atoms with Crippen LogP contribution in [0.15, 0.2) is 23.6 Å². The number of carboxylic acid groups (broad SMARTS) is 2. The van der Waals surface area contributed by atoms with Crippen LogP contribution in [0.25, 0.3) is 21.5 Å². The van der Waals surface area contributed by atoms with Gasteiger partial charge in [-0.3, -0.25) is 9.89 Å². The van der Waals surface area contributed by atoms with Crippen molar-refractivity contribution in [2.24, 2.45) is 0 Å². The zero-order chi connectivity index (χ0) is 15.4. The molecule has 2 aromatic heterocycles. The van der Waals surface area contributed by atoms with Gasteiger partial charge in [0.15, 0.2) is 5.69 Å². The van der Waals surface area contributed by atoms with E-state index in [2.05, 4.69) is 15.2 Å². The van der Waals surface area contributed by atoms with Crippen molar-refractivity contribution >= 4 is 34.7 Å². The lowest BCUT2D eigenvalue weighted by Gasteiger charge is -1.96. The summed E-state index contributed by atoms with van der Waals surface area (Å²) in [7, 11) is 0. The van der Waals surface area contributed by atoms with Gasteiger partial charge in [-0.2, -0.15) is 5.10 Å². The summed E-state index contributed by atoms with van der Waals surface area (Å²) in [6, 6.07) is 5.49. The molecule has 0 amide bonds. The Hall–Kier alpha value is -2.74. The van der Waals surface area contributed by atoms with Gasteiger partial charge >= 0.3 is 5.97 Å². The Labute approximate surface area is 122 Å². The number of thiazole rings is 1. The van der Waals surface area contributed by atoms with E-state index in [-0.39, 0.29) is 12.2 Å². The van der Waals surface area contributed by atoms with E-state index >= 15 is 0 Å². The van der Waals surface area contributed by atoms with Gasteiger partial charge in [0.1, 0.15) is 5.01 Å². The topological polar surface area (TPSA) is 116 Å². The summed E-state index contributed by atoms with van der Waals surface area (Å²) in [5.41, 5.74) is 2.69. The maximum atomic E-state index is 10.9. The van der Waals surface area contributed by atoms with Crippen molar-refractivity contribution in [3.63, 3.8) is 0 Å². The van der Waals surface area contributed by atoms with Crippen LogP contribution in [0.5, 0.6) is 0 Å². The molecule has 0 saturated heterocycles. The maximum Gasteiger partial charge on any atom is 0.357 e. The summed E-state index contributed by atoms with van der Waals surface area (Å²) in [5, 5.41) is 25.9. The van der Waals surface area contributed by atoms with Gasteiger partial charge in [-0.25, -0.2) is 9.78 Å². The predicted molar refractivity (Wildman–Crippen MR) is 77.6 cm³/mol. The Morgan fingerprint density at radius 3 is 2.71 bits per heavy atom. The number of carbonyl (C=O) groups is 2. The van der Waals surface area contributed by atoms with E-state index in [1.54, 1.807) is 17.4 Å². The van der Waals surface area contributed by atoms with E-state index in [1.165, 1.54) is 0 Å². The van der Waals surface area contributed by atoms with Gasteiger partial charge < -0.3 is 10.2 Å². The van der Waals surface area contributed by atoms with Gasteiger partial charge in [-0.1, -0.05) is 6.07 Å². The smallest absolute Gasteiger partial charge is 0.357 e. The molecule has 108 valence electrons. The third kappa shape index (κ3) is 3.06. The van der Waals surface area contributed by atoms with Crippen LogP contribution < -0.4 is 0 Å². The second-order valence-electron chi connectivity index (χ2n) is 4.04. The fourth-order valence-corrected chi connectivity index (χ4v) is 2.60. The molecule has 0 spiro atoms. The molecule has 7 nitrogen and oxygen atoms in total. The van der Waals surface area contributed by atoms with Crippen molar-refractivity contribution in [1.29, 1.82) is 0 Å². The van der Waals surface area contributed by atoms with Crippen LogP contribution in [0.4, 0.5) is 0 Å². The highest BCUT2D eigenvalue weighted by Crippen LogP contribution is 2.27. The molecule has 0 aliphatic carbocycles. The summed E-state index contributed by atoms with van der Waals surface area (Å²) >= 11 is 1.56. The van der Waals surface area contributed by atoms with Crippen LogP contribution in [0, 0.1) is 6.92 Å². The number of hydrogen-bond donors (Lipinski definition) is 3. The van der Waals surface area contributed by atoms with Gasteiger partial charge in [0.05, 0.1) is 5.52 Å². The number of nitrogens with zero attached hydrogens (tertiary/aromatic N) is 2. The highest BCUT2D eigenvalue weighted by atomic mass is 32.1. The quantitative estimate of drug-likeness (QED) is 0.626. The first kappa shape index (κ1) is 14.7. The number of H-pyrrole nitrogens is 1. The molecule has 0 unspecified atom stereocenters. The lowest BCUT2D eigenvalue weighted by Crippen LogP contribution is -1.96. The minimum atomic E-state index is -1.03. The SMILES string of the molecule is Cc1csc(-c2ccc3c(C(=O)O)n[nH]c3c2)n1.O=CO. The Bertz CT molecular complexity index is 794. The normalized spacial score (nSPS) is 9.95. The molecule has 21 heavy (non-hydrogen) atoms. The lowest BCUT2D eigenvalue weighted by atomic mass is 10.1. The molecule has 0 radical (unpaired) electrons. The van der Waals surface area contributed by atoms with Gasteiger partial charge in [0.25, 0.3) is 6.47 Å². The zero-order valence-electron chi connectivity index (χ0n) is 10.9. The number of aromatic carboxylic acids is 1. The van der Waals surface area contributed by atoms with Crippen molar-refractivity contribution in [3.8, 4) is 10.6 Å². The van der Waals surface area contributed by atoms with Crippen LogP contribution in [0.3, 0.4) is 0 Å². The molecule has 0 saturated carbocycles. The first-order valence-electron chi connectivity index (χ1n) is 5.78. The van der Waals surface area contributed by atoms with Crippen LogP contribution in [0.1, 0.15) is 16.2 Å². The van der Waals surface area contributed by atoms with Gasteiger partial charge in [0.2, 0.25) is 0 Å². The van der Waals surface area contributed by atoms with Crippen molar-refractivity contribution in [3.05, 3.63) is 35.0 Å². The summed E-state index contributed by atoms with van der Waals surface area (Å²) in [4.78, 5) is 23.7. The molecule has 2 heterocycles. The van der Waals surface area contributed by atoms with Gasteiger partial charge in [-0.15, -0.1) is 11.3 Å². The molecule has 1 aromatic carbocycles. The molecule has 0 atom stereocenters. The minimum absolute atomic E-state index is 0.0480. The number of aromatic amines is 1. The number of carboxylic acids is 1. The standard InChI is InChI=1S/C12H9N3O2S.CH2O2/c1-6-5-18-11(13-6)7-2-3-8-9(4-7)14-15-10(8)12(16)17;2-1-3/h2-5H,1H3,(H,14,15)(H,16,17);1H,(H,2,3). The highest BCUT2D eigenvalue weighted by molar-refractivity contribution is 7.13. The average molecular weight is 305 g/mol. The summed E-state index contributed by atoms with van der Waals surface area (Å²) in [6.45, 7) is 1.69. The van der Waals surface area contributed by atoms with E-state index in [4.69, 9.17) is 15.0 Å². The summed E-state index contributed by atoms with van der Waals surface area (Å²) in [6.07, 6.45) is 0. The average Bonchev–Trinajstić information content (AvgIpc) is 3.04. The summed E-state index contributed by atoms with van der Waals surface area (Å²) in [5.74, 6) is -1.03. The van der Waals surface area contributed by atoms with Crippen LogP contribution >= 0.6 is 11.3 Å². The van der Waals surface area contributed by atoms with Crippen LogP contribution in [-0.4, -0.2) is 37.8 Å². The van der Waals surface area contributed by atoms with E-state index in [9.17, 15) is 4.79 Å². The molecule has 0 aliphatic rings.